The molecular weight excluding hydrogens is 423 g/mol. The number of benzene rings is 2. The van der Waals surface area contributed by atoms with E-state index in [0.717, 1.165) is 17.5 Å². The van der Waals surface area contributed by atoms with E-state index in [1.165, 1.54) is 31.4 Å². The zero-order valence-corrected chi connectivity index (χ0v) is 17.4. The van der Waals surface area contributed by atoms with Crippen LogP contribution in [0, 0.1) is 6.92 Å². The molecule has 0 bridgehead atoms. The third-order valence-corrected chi connectivity index (χ3v) is 4.50. The number of aryl methyl sites for hydroxylation is 1. The number of carbonyl (C=O) groups is 1. The number of alkyl halides is 3. The number of carbonyl (C=O) groups excluding carboxylic acids is 1. The van der Waals surface area contributed by atoms with E-state index in [0.29, 0.717) is 23.4 Å². The monoisotopic (exact) mass is 443 g/mol. The van der Waals surface area contributed by atoms with E-state index < -0.39 is 6.36 Å². The summed E-state index contributed by atoms with van der Waals surface area (Å²) in [4.78, 5) is 15.1. The van der Waals surface area contributed by atoms with Crippen LogP contribution in [-0.2, 0) is 11.3 Å². The van der Waals surface area contributed by atoms with Crippen molar-refractivity contribution in [3.8, 4) is 5.75 Å². The molecule has 0 spiro atoms. The molecule has 6 nitrogen and oxygen atoms in total. The fourth-order valence-electron chi connectivity index (χ4n) is 2.89. The van der Waals surface area contributed by atoms with Gasteiger partial charge >= 0.3 is 6.36 Å². The average molecular weight is 443 g/mol. The van der Waals surface area contributed by atoms with Crippen LogP contribution in [0.3, 0.4) is 0 Å². The second kappa shape index (κ2) is 9.51. The molecule has 0 aliphatic carbocycles. The fraction of sp³-hybridized carbons (Fsp3) is 0.174. The number of methoxy groups -OCH3 is 1. The summed E-state index contributed by atoms with van der Waals surface area (Å²) in [5, 5.41) is 4.53. The smallest absolute Gasteiger partial charge is 0.479 e. The molecule has 0 radical (unpaired) electrons. The minimum atomic E-state index is -4.76. The van der Waals surface area contributed by atoms with Gasteiger partial charge in [0.05, 0.1) is 19.4 Å². The molecule has 32 heavy (non-hydrogen) atoms. The maximum atomic E-state index is 12.3. The lowest BCUT2D eigenvalue weighted by atomic mass is 10.1. The highest BCUT2D eigenvalue weighted by atomic mass is 19.4. The van der Waals surface area contributed by atoms with E-state index in [2.05, 4.69) is 21.4 Å². The van der Waals surface area contributed by atoms with E-state index in [1.807, 2.05) is 19.1 Å². The first kappa shape index (κ1) is 22.8. The lowest BCUT2D eigenvalue weighted by Gasteiger charge is -2.09. The number of nitrogens with zero attached hydrogens (tertiary/aromatic N) is 3. The van der Waals surface area contributed by atoms with Gasteiger partial charge in [-0.25, -0.2) is 4.99 Å². The van der Waals surface area contributed by atoms with Crippen LogP contribution >= 0.6 is 0 Å². The molecule has 2 aromatic carbocycles. The summed E-state index contributed by atoms with van der Waals surface area (Å²) in [5.74, 6) is -0.121. The van der Waals surface area contributed by atoms with Crippen molar-refractivity contribution < 1.29 is 27.4 Å². The lowest BCUT2D eigenvalue weighted by Crippen LogP contribution is -2.17. The van der Waals surface area contributed by atoms with E-state index in [4.69, 9.17) is 4.74 Å². The molecule has 0 saturated carbocycles. The van der Waals surface area contributed by atoms with Crippen molar-refractivity contribution in [2.24, 2.45) is 4.99 Å². The molecular formula is C23H20F3N3O3. The Labute approximate surface area is 182 Å². The summed E-state index contributed by atoms with van der Waals surface area (Å²) >= 11 is 0. The van der Waals surface area contributed by atoms with Crippen LogP contribution in [0.4, 0.5) is 13.2 Å². The van der Waals surface area contributed by atoms with Gasteiger partial charge in [-0.1, -0.05) is 30.8 Å². The number of aromatic nitrogens is 2. The van der Waals surface area contributed by atoms with Crippen molar-refractivity contribution in [1.82, 2.24) is 9.78 Å². The highest BCUT2D eigenvalue weighted by Gasteiger charge is 2.31. The number of ether oxygens (including phenoxy) is 2. The lowest BCUT2D eigenvalue weighted by molar-refractivity contribution is -0.274. The van der Waals surface area contributed by atoms with Gasteiger partial charge in [0.25, 0.3) is 0 Å². The molecule has 0 amide bonds. The summed E-state index contributed by atoms with van der Waals surface area (Å²) < 4.78 is 47.9. The molecule has 3 rings (SSSR count). The van der Waals surface area contributed by atoms with Gasteiger partial charge in [-0.05, 0) is 48.4 Å². The zero-order valence-electron chi connectivity index (χ0n) is 17.4. The Kier molecular flexibility index (Phi) is 6.77. The Bertz CT molecular complexity index is 1130. The van der Waals surface area contributed by atoms with E-state index in [1.54, 1.807) is 22.9 Å². The van der Waals surface area contributed by atoms with Crippen LogP contribution in [0.5, 0.6) is 5.75 Å². The first-order valence-corrected chi connectivity index (χ1v) is 9.45. The van der Waals surface area contributed by atoms with Crippen molar-refractivity contribution in [3.05, 3.63) is 89.3 Å². The van der Waals surface area contributed by atoms with Crippen LogP contribution in [-0.4, -0.2) is 35.4 Å². The molecule has 0 fully saturated rings. The zero-order chi connectivity index (χ0) is 23.3. The summed E-state index contributed by atoms with van der Waals surface area (Å²) in [7, 11) is 1.44. The molecule has 1 heterocycles. The predicted octanol–water partition coefficient (Wildman–Crippen LogP) is 5.01. The minimum absolute atomic E-state index is 0.212. The van der Waals surface area contributed by atoms with Crippen molar-refractivity contribution in [3.63, 3.8) is 0 Å². The molecule has 0 atom stereocenters. The van der Waals surface area contributed by atoms with E-state index >= 15 is 0 Å². The topological polar surface area (TPSA) is 65.7 Å². The summed E-state index contributed by atoms with van der Waals surface area (Å²) in [6.07, 6.45) is -3.97. The molecule has 0 aliphatic rings. The SMILES string of the molecule is C=C(N=C(OC)c1cc(C)n(Cc2ccc(C=O)cc2)n1)c1ccc(OC(F)(F)F)cc1. The van der Waals surface area contributed by atoms with Gasteiger partial charge in [0.1, 0.15) is 17.7 Å². The summed E-state index contributed by atoms with van der Waals surface area (Å²) in [6, 6.07) is 14.2. The van der Waals surface area contributed by atoms with Crippen LogP contribution in [0.25, 0.3) is 5.70 Å². The molecule has 166 valence electrons. The Balaban J connectivity index is 1.77. The molecule has 0 N–H and O–H groups in total. The van der Waals surface area contributed by atoms with Crippen LogP contribution < -0.4 is 4.74 Å². The number of hydrogen-bond acceptors (Lipinski definition) is 5. The van der Waals surface area contributed by atoms with Gasteiger partial charge in [-0.3, -0.25) is 9.48 Å². The number of rotatable bonds is 7. The molecule has 0 aliphatic heterocycles. The minimum Gasteiger partial charge on any atom is -0.479 e. The Morgan fingerprint density at radius 2 is 1.81 bits per heavy atom. The molecule has 9 heteroatoms. The quantitative estimate of drug-likeness (QED) is 0.292. The van der Waals surface area contributed by atoms with Crippen LogP contribution in [0.15, 0.2) is 66.2 Å². The van der Waals surface area contributed by atoms with E-state index in [-0.39, 0.29) is 17.3 Å². The average Bonchev–Trinajstić information content (AvgIpc) is 3.11. The maximum absolute atomic E-state index is 12.3. The van der Waals surface area contributed by atoms with Crippen molar-refractivity contribution in [2.45, 2.75) is 19.8 Å². The summed E-state index contributed by atoms with van der Waals surface area (Å²) in [5.41, 5.74) is 3.69. The third-order valence-electron chi connectivity index (χ3n) is 4.50. The van der Waals surface area contributed by atoms with Gasteiger partial charge < -0.3 is 9.47 Å². The standard InChI is InChI=1S/C23H20F3N3O3/c1-15-12-21(28-29(15)13-17-4-6-18(14-30)7-5-17)22(31-3)27-16(2)19-8-10-20(11-9-19)32-23(24,25)26/h4-12,14H,2,13H2,1,3H3. The van der Waals surface area contributed by atoms with Gasteiger partial charge in [0.15, 0.2) is 0 Å². The first-order valence-electron chi connectivity index (χ1n) is 9.45. The van der Waals surface area contributed by atoms with Gasteiger partial charge in [0.2, 0.25) is 5.90 Å². The van der Waals surface area contributed by atoms with E-state index in [9.17, 15) is 18.0 Å². The number of aldehydes is 1. The van der Waals surface area contributed by atoms with Crippen LogP contribution in [0.1, 0.15) is 32.9 Å². The molecule has 0 saturated heterocycles. The fourth-order valence-corrected chi connectivity index (χ4v) is 2.89. The van der Waals surface area contributed by atoms with Crippen molar-refractivity contribution in [2.75, 3.05) is 7.11 Å². The van der Waals surface area contributed by atoms with Gasteiger partial charge in [-0.2, -0.15) is 5.10 Å². The molecule has 0 unspecified atom stereocenters. The molecule has 3 aromatic rings. The maximum Gasteiger partial charge on any atom is 0.573 e. The Morgan fingerprint density at radius 1 is 1.16 bits per heavy atom. The summed E-state index contributed by atoms with van der Waals surface area (Å²) in [6.45, 7) is 6.24. The second-order valence-electron chi connectivity index (χ2n) is 6.83. The van der Waals surface area contributed by atoms with Gasteiger partial charge in [-0.15, -0.1) is 13.2 Å². The Hall–Kier alpha value is -3.88. The normalized spacial score (nSPS) is 11.8. The highest BCUT2D eigenvalue weighted by Crippen LogP contribution is 2.25. The number of halogens is 3. The van der Waals surface area contributed by atoms with Crippen LogP contribution in [0.2, 0.25) is 0 Å². The van der Waals surface area contributed by atoms with Crippen molar-refractivity contribution >= 4 is 17.9 Å². The number of aliphatic imine (C=N–C) groups is 1. The predicted molar refractivity (Wildman–Crippen MR) is 114 cm³/mol. The molecule has 1 aromatic heterocycles. The number of hydrogen-bond donors (Lipinski definition) is 0. The third kappa shape index (κ3) is 5.84. The Morgan fingerprint density at radius 3 is 2.38 bits per heavy atom. The van der Waals surface area contributed by atoms with Gasteiger partial charge in [0, 0.05) is 11.3 Å². The first-order chi connectivity index (χ1) is 15.2. The highest BCUT2D eigenvalue weighted by molar-refractivity contribution is 5.95. The second-order valence-corrected chi connectivity index (χ2v) is 6.83. The van der Waals surface area contributed by atoms with Crippen molar-refractivity contribution in [1.29, 1.82) is 0 Å². The largest absolute Gasteiger partial charge is 0.573 e.